The van der Waals surface area contributed by atoms with Crippen LogP contribution < -0.4 is 10.6 Å². The van der Waals surface area contributed by atoms with Crippen molar-refractivity contribution in [2.75, 3.05) is 13.1 Å². The molecule has 2 rings (SSSR count). The van der Waals surface area contributed by atoms with Crippen LogP contribution >= 0.6 is 0 Å². The number of hydrogen-bond acceptors (Lipinski definition) is 2. The smallest absolute Gasteiger partial charge is 0.220 e. The van der Waals surface area contributed by atoms with Crippen LogP contribution in [0.2, 0.25) is 0 Å². The number of aryl methyl sites for hydroxylation is 1. The molecule has 0 saturated carbocycles. The fourth-order valence-corrected chi connectivity index (χ4v) is 3.24. The van der Waals surface area contributed by atoms with Crippen LogP contribution in [0, 0.1) is 0 Å². The maximum Gasteiger partial charge on any atom is 0.220 e. The number of carbonyl (C=O) groups is 2. The fourth-order valence-electron chi connectivity index (χ4n) is 3.24. The molecule has 1 aromatic carbocycles. The largest absolute Gasteiger partial charge is 0.356 e. The molecule has 2 amide bonds. The molecule has 4 nitrogen and oxygen atoms in total. The highest BCUT2D eigenvalue weighted by Gasteiger charge is 2.19. The minimum absolute atomic E-state index is 0.00973. The summed E-state index contributed by atoms with van der Waals surface area (Å²) in [6, 6.07) is 8.60. The lowest BCUT2D eigenvalue weighted by molar-refractivity contribution is -0.121. The molecular formula is C19H28N2O2. The summed E-state index contributed by atoms with van der Waals surface area (Å²) in [6.45, 7) is 2.98. The zero-order chi connectivity index (χ0) is 16.5. The van der Waals surface area contributed by atoms with Crippen LogP contribution in [0.1, 0.15) is 62.5 Å². The Balaban J connectivity index is 1.63. The molecule has 2 N–H and O–H groups in total. The van der Waals surface area contributed by atoms with E-state index in [4.69, 9.17) is 0 Å². The molecule has 1 aliphatic carbocycles. The molecule has 1 aliphatic rings. The number of fused-ring (bicyclic) bond motifs is 1. The van der Waals surface area contributed by atoms with Gasteiger partial charge in [-0.1, -0.05) is 30.7 Å². The molecule has 0 bridgehead atoms. The van der Waals surface area contributed by atoms with Crippen molar-refractivity contribution in [3.05, 3.63) is 35.4 Å². The molecule has 126 valence electrons. The first-order chi connectivity index (χ1) is 11.2. The van der Waals surface area contributed by atoms with Gasteiger partial charge >= 0.3 is 0 Å². The molecule has 1 unspecified atom stereocenters. The second kappa shape index (κ2) is 9.33. The first-order valence-electron chi connectivity index (χ1n) is 8.75. The third kappa shape index (κ3) is 6.05. The molecule has 0 aliphatic heterocycles. The molecule has 23 heavy (non-hydrogen) atoms. The highest BCUT2D eigenvalue weighted by Crippen LogP contribution is 2.30. The van der Waals surface area contributed by atoms with Crippen LogP contribution in [-0.2, 0) is 16.0 Å². The molecule has 1 aromatic rings. The number of benzene rings is 1. The van der Waals surface area contributed by atoms with Crippen LogP contribution in [0.25, 0.3) is 0 Å². The van der Waals surface area contributed by atoms with Crippen LogP contribution in [-0.4, -0.2) is 24.9 Å². The van der Waals surface area contributed by atoms with Gasteiger partial charge in [0.15, 0.2) is 0 Å². The predicted octanol–water partition coefficient (Wildman–Crippen LogP) is 2.92. The Morgan fingerprint density at radius 3 is 2.78 bits per heavy atom. The average Bonchev–Trinajstić information content (AvgIpc) is 2.55. The molecule has 0 saturated heterocycles. The van der Waals surface area contributed by atoms with Gasteiger partial charge in [-0.15, -0.1) is 0 Å². The Morgan fingerprint density at radius 1 is 1.13 bits per heavy atom. The first kappa shape index (κ1) is 17.5. The van der Waals surface area contributed by atoms with E-state index in [0.29, 0.717) is 18.9 Å². The number of unbranched alkanes of at least 4 members (excludes halogenated alkanes) is 2. The monoisotopic (exact) mass is 316 g/mol. The topological polar surface area (TPSA) is 58.2 Å². The maximum atomic E-state index is 12.0. The number of rotatable bonds is 8. The standard InChI is InChI=1S/C19H28N2O2/c1-15(22)20-13-6-2-3-12-19(23)21-14-17-10-7-9-16-8-4-5-11-18(16)17/h4-5,8,11,17H,2-3,6-7,9-10,12-14H2,1H3,(H,20,22)(H,21,23). The number of carbonyl (C=O) groups excluding carboxylic acids is 2. The SMILES string of the molecule is CC(=O)NCCCCCC(=O)NCC1CCCc2ccccc21. The van der Waals surface area contributed by atoms with Crippen molar-refractivity contribution in [1.29, 1.82) is 0 Å². The second-order valence-corrected chi connectivity index (χ2v) is 6.39. The molecular weight excluding hydrogens is 288 g/mol. The van der Waals surface area contributed by atoms with Gasteiger partial charge in [0.25, 0.3) is 0 Å². The lowest BCUT2D eigenvalue weighted by Gasteiger charge is -2.25. The van der Waals surface area contributed by atoms with Gasteiger partial charge in [0.2, 0.25) is 11.8 Å². The Hall–Kier alpha value is -1.84. The predicted molar refractivity (Wildman–Crippen MR) is 92.3 cm³/mol. The summed E-state index contributed by atoms with van der Waals surface area (Å²) in [4.78, 5) is 22.7. The van der Waals surface area contributed by atoms with Gasteiger partial charge in [-0.25, -0.2) is 0 Å². The summed E-state index contributed by atoms with van der Waals surface area (Å²) in [6.07, 6.45) is 6.90. The summed E-state index contributed by atoms with van der Waals surface area (Å²) < 4.78 is 0. The van der Waals surface area contributed by atoms with E-state index in [1.165, 1.54) is 24.5 Å². The van der Waals surface area contributed by atoms with Crippen LogP contribution in [0.4, 0.5) is 0 Å². The molecule has 0 radical (unpaired) electrons. The minimum atomic E-state index is 0.00973. The quantitative estimate of drug-likeness (QED) is 0.725. The van der Waals surface area contributed by atoms with Gasteiger partial charge in [0, 0.05) is 32.4 Å². The van der Waals surface area contributed by atoms with Crippen LogP contribution in [0.5, 0.6) is 0 Å². The average molecular weight is 316 g/mol. The van der Waals surface area contributed by atoms with E-state index in [1.807, 2.05) is 0 Å². The third-order valence-electron chi connectivity index (χ3n) is 4.49. The van der Waals surface area contributed by atoms with Gasteiger partial charge in [-0.2, -0.15) is 0 Å². The molecule has 0 heterocycles. The summed E-state index contributed by atoms with van der Waals surface area (Å²) in [7, 11) is 0. The Morgan fingerprint density at radius 2 is 1.96 bits per heavy atom. The highest BCUT2D eigenvalue weighted by molar-refractivity contribution is 5.75. The number of hydrogen-bond donors (Lipinski definition) is 2. The summed E-state index contributed by atoms with van der Waals surface area (Å²) in [5, 5.41) is 5.87. The Kier molecular flexibility index (Phi) is 7.11. The number of amides is 2. The van der Waals surface area contributed by atoms with Gasteiger partial charge in [-0.05, 0) is 43.2 Å². The molecule has 0 spiro atoms. The van der Waals surface area contributed by atoms with E-state index in [1.54, 1.807) is 0 Å². The minimum Gasteiger partial charge on any atom is -0.356 e. The van der Waals surface area contributed by atoms with E-state index in [-0.39, 0.29) is 11.8 Å². The lowest BCUT2D eigenvalue weighted by Crippen LogP contribution is -2.29. The molecule has 0 fully saturated rings. The van der Waals surface area contributed by atoms with E-state index in [2.05, 4.69) is 34.9 Å². The summed E-state index contributed by atoms with van der Waals surface area (Å²) in [5.74, 6) is 0.617. The van der Waals surface area contributed by atoms with Crippen LogP contribution in [0.15, 0.2) is 24.3 Å². The fraction of sp³-hybridized carbons (Fsp3) is 0.579. The zero-order valence-corrected chi connectivity index (χ0v) is 14.1. The van der Waals surface area contributed by atoms with Crippen molar-refractivity contribution in [2.45, 2.75) is 57.8 Å². The van der Waals surface area contributed by atoms with E-state index < -0.39 is 0 Å². The van der Waals surface area contributed by atoms with E-state index in [0.717, 1.165) is 38.6 Å². The Labute approximate surface area is 139 Å². The first-order valence-corrected chi connectivity index (χ1v) is 8.75. The van der Waals surface area contributed by atoms with Crippen LogP contribution in [0.3, 0.4) is 0 Å². The van der Waals surface area contributed by atoms with Crippen molar-refractivity contribution < 1.29 is 9.59 Å². The van der Waals surface area contributed by atoms with Gasteiger partial charge in [0.05, 0.1) is 0 Å². The zero-order valence-electron chi connectivity index (χ0n) is 14.1. The third-order valence-corrected chi connectivity index (χ3v) is 4.49. The molecule has 4 heteroatoms. The van der Waals surface area contributed by atoms with Crippen molar-refractivity contribution >= 4 is 11.8 Å². The van der Waals surface area contributed by atoms with Crippen molar-refractivity contribution in [1.82, 2.24) is 10.6 Å². The van der Waals surface area contributed by atoms with E-state index >= 15 is 0 Å². The lowest BCUT2D eigenvalue weighted by atomic mass is 9.83. The number of nitrogens with one attached hydrogen (secondary N) is 2. The maximum absolute atomic E-state index is 12.0. The Bertz CT molecular complexity index is 528. The van der Waals surface area contributed by atoms with Gasteiger partial charge < -0.3 is 10.6 Å². The molecule has 1 atom stereocenters. The molecule has 0 aromatic heterocycles. The summed E-state index contributed by atoms with van der Waals surface area (Å²) >= 11 is 0. The highest BCUT2D eigenvalue weighted by atomic mass is 16.2. The van der Waals surface area contributed by atoms with Crippen molar-refractivity contribution in [3.63, 3.8) is 0 Å². The van der Waals surface area contributed by atoms with Crippen molar-refractivity contribution in [2.24, 2.45) is 0 Å². The van der Waals surface area contributed by atoms with Gasteiger partial charge in [-0.3, -0.25) is 9.59 Å². The van der Waals surface area contributed by atoms with Gasteiger partial charge in [0.1, 0.15) is 0 Å². The normalized spacial score (nSPS) is 16.5. The van der Waals surface area contributed by atoms with E-state index in [9.17, 15) is 9.59 Å². The van der Waals surface area contributed by atoms with Crippen molar-refractivity contribution in [3.8, 4) is 0 Å². The summed E-state index contributed by atoms with van der Waals surface area (Å²) in [5.41, 5.74) is 2.85. The second-order valence-electron chi connectivity index (χ2n) is 6.39.